The number of allylic oxidation sites excluding steroid dienone is 1. The van der Waals surface area contributed by atoms with E-state index >= 15 is 0 Å². The fourth-order valence-electron chi connectivity index (χ4n) is 9.74. The molecule has 71 heavy (non-hydrogen) atoms. The first-order valence-corrected chi connectivity index (χ1v) is 30.3. The minimum Gasteiger partial charge on any atom is -0.465 e. The van der Waals surface area contributed by atoms with Gasteiger partial charge in [-0.3, -0.25) is 24.0 Å². The standard InChI is InChI=1S/C28H36NO8PSi.C18H26N2O4S.C4H7NOS/c1-19-26-25(20(2)37-39(4,5)6)28(31)29(26)24(17-18-33-21(3)30)27(19)36-38(32,34-22-13-9-7-10-14-22)35-23-15-11-8-12-16-23;1-9-7-13(8-19-9)25-17-10(2)16-15(11(3)21)18(23)20(16)14(17)5-6-24-12(4)22;6-4-1-3(7)2-5-4/h7-16,19-20,25-26H,17-18H2,1-6H3;10-11,13,15-16,19,21H,1,5-8H2,2-4H3;3,7H,1-2H2,(H,5,6)/t19-,20-,25-,26-;10-,11-,13?,15-,16-;3-/m111/s1. The number of aliphatic hydroxyl groups excluding tert-OH is 1. The van der Waals surface area contributed by atoms with Gasteiger partial charge in [0.15, 0.2) is 8.32 Å². The summed E-state index contributed by atoms with van der Waals surface area (Å²) in [6.07, 6.45) is 1.29. The lowest BCUT2D eigenvalue weighted by Gasteiger charge is -2.48. The van der Waals surface area contributed by atoms with E-state index in [2.05, 4.69) is 56.4 Å². The molecule has 4 fully saturated rings. The quantitative estimate of drug-likeness (QED) is 0.0373. The van der Waals surface area contributed by atoms with Gasteiger partial charge in [0, 0.05) is 91.3 Å². The Bertz CT molecular complexity index is 2360. The molecule has 6 aliphatic heterocycles. The summed E-state index contributed by atoms with van der Waals surface area (Å²) < 4.78 is 48.6. The van der Waals surface area contributed by atoms with Crippen LogP contribution in [0.15, 0.2) is 95.0 Å². The van der Waals surface area contributed by atoms with Crippen molar-refractivity contribution >= 4 is 70.2 Å². The van der Waals surface area contributed by atoms with Crippen molar-refractivity contribution in [1.82, 2.24) is 20.4 Å². The van der Waals surface area contributed by atoms with Gasteiger partial charge in [-0.2, -0.15) is 17.2 Å². The highest BCUT2D eigenvalue weighted by atomic mass is 32.2. The van der Waals surface area contributed by atoms with Gasteiger partial charge in [-0.15, -0.1) is 11.8 Å². The largest absolute Gasteiger partial charge is 0.646 e. The number of nitrogens with one attached hydrogen (secondary N) is 2. The molecule has 17 nitrogen and oxygen atoms in total. The van der Waals surface area contributed by atoms with E-state index in [9.17, 15) is 33.6 Å². The van der Waals surface area contributed by atoms with Crippen molar-refractivity contribution in [2.45, 2.75) is 122 Å². The molecule has 0 bridgehead atoms. The first-order valence-electron chi connectivity index (χ1n) is 24.0. The number of hydrogen-bond donors (Lipinski definition) is 4. The third-order valence-electron chi connectivity index (χ3n) is 12.7. The third-order valence-corrected chi connectivity index (χ3v) is 16.9. The monoisotopic (exact) mass is 1060 g/mol. The van der Waals surface area contributed by atoms with Crippen molar-refractivity contribution in [3.63, 3.8) is 0 Å². The average Bonchev–Trinajstić information content (AvgIpc) is 3.99. The molecule has 21 heteroatoms. The molecule has 0 radical (unpaired) electrons. The lowest BCUT2D eigenvalue weighted by Crippen LogP contribution is -2.64. The van der Waals surface area contributed by atoms with Crippen LogP contribution in [0.2, 0.25) is 19.6 Å². The summed E-state index contributed by atoms with van der Waals surface area (Å²) >= 11 is 5.87. The molecule has 0 aromatic heterocycles. The molecule has 6 heterocycles. The molecule has 2 aromatic rings. The average molecular weight is 1060 g/mol. The van der Waals surface area contributed by atoms with E-state index in [-0.39, 0.29) is 90.4 Å². The molecule has 3 amide bonds. The van der Waals surface area contributed by atoms with Gasteiger partial charge >= 0.3 is 19.8 Å². The van der Waals surface area contributed by atoms with E-state index in [0.717, 1.165) is 30.9 Å². The molecule has 4 saturated heterocycles. The van der Waals surface area contributed by atoms with Gasteiger partial charge in [-0.05, 0) is 57.8 Å². The van der Waals surface area contributed by atoms with Gasteiger partial charge in [0.05, 0.1) is 55.0 Å². The maximum Gasteiger partial charge on any atom is 0.646 e. The molecule has 0 spiro atoms. The van der Waals surface area contributed by atoms with Crippen LogP contribution in [-0.2, 0) is 47.0 Å². The summed E-state index contributed by atoms with van der Waals surface area (Å²) in [5.41, 5.74) is 2.51. The van der Waals surface area contributed by atoms with Crippen LogP contribution in [0.4, 0.5) is 0 Å². The van der Waals surface area contributed by atoms with E-state index in [4.69, 9.17) is 27.5 Å². The number of carbonyl (C=O) groups excluding carboxylic acids is 5. The Morgan fingerprint density at radius 2 is 1.32 bits per heavy atom. The Hall–Kier alpha value is -4.72. The van der Waals surface area contributed by atoms with Crippen molar-refractivity contribution in [2.75, 3.05) is 26.3 Å². The van der Waals surface area contributed by atoms with E-state index in [1.165, 1.54) is 18.8 Å². The normalized spacial score (nSPS) is 26.3. The highest BCUT2D eigenvalue weighted by Gasteiger charge is 2.61. The Morgan fingerprint density at radius 1 is 0.803 bits per heavy atom. The topological polar surface area (TPSA) is 209 Å². The number of nitrogens with zero attached hydrogens (tertiary/aromatic N) is 2. The molecule has 1 unspecified atom stereocenters. The zero-order valence-corrected chi connectivity index (χ0v) is 45.6. The van der Waals surface area contributed by atoms with Crippen LogP contribution in [0.5, 0.6) is 11.5 Å². The number of para-hydroxylation sites is 2. The highest BCUT2D eigenvalue weighted by molar-refractivity contribution is 8.03. The molecule has 0 aliphatic carbocycles. The number of amides is 3. The predicted molar refractivity (Wildman–Crippen MR) is 275 cm³/mol. The molecule has 8 rings (SSSR count). The summed E-state index contributed by atoms with van der Waals surface area (Å²) in [5, 5.41) is 16.6. The highest BCUT2D eigenvalue weighted by Crippen LogP contribution is 2.58. The van der Waals surface area contributed by atoms with Crippen LogP contribution in [-0.4, -0.2) is 114 Å². The summed E-state index contributed by atoms with van der Waals surface area (Å²) in [4.78, 5) is 63.5. The number of fused-ring (bicyclic) bond motifs is 2. The fourth-order valence-corrected chi connectivity index (χ4v) is 14.1. The second-order valence-corrected chi connectivity index (χ2v) is 27.4. The van der Waals surface area contributed by atoms with E-state index < -0.39 is 28.2 Å². The van der Waals surface area contributed by atoms with Crippen LogP contribution in [0.25, 0.3) is 0 Å². The van der Waals surface area contributed by atoms with Crippen molar-refractivity contribution in [3.05, 3.63) is 95.0 Å². The number of benzene rings is 2. The summed E-state index contributed by atoms with van der Waals surface area (Å²) in [5.74, 6) is -0.693. The van der Waals surface area contributed by atoms with Crippen molar-refractivity contribution < 1.29 is 61.1 Å². The van der Waals surface area contributed by atoms with Gasteiger partial charge in [0.1, 0.15) is 17.3 Å². The summed E-state index contributed by atoms with van der Waals surface area (Å²) in [6.45, 7) is 22.5. The fraction of sp³-hybridized carbons (Fsp3) is 0.540. The first kappa shape index (κ1) is 55.6. The number of hydrogen-bond acceptors (Lipinski definition) is 16. The minimum absolute atomic E-state index is 0.0138. The van der Waals surface area contributed by atoms with E-state index in [1.54, 1.807) is 72.1 Å². The number of rotatable bonds is 18. The van der Waals surface area contributed by atoms with Crippen LogP contribution in [0.1, 0.15) is 67.2 Å². The second-order valence-electron chi connectivity index (χ2n) is 19.4. The Kier molecular flexibility index (Phi) is 18.7. The number of thiol groups is 1. The first-order chi connectivity index (χ1) is 33.5. The third kappa shape index (κ3) is 13.9. The molecule has 2 aromatic carbocycles. The number of ether oxygens (including phenoxy) is 2. The number of phosphoric acid groups is 1. The number of aliphatic hydroxyl groups is 1. The summed E-state index contributed by atoms with van der Waals surface area (Å²) in [7, 11) is -6.20. The zero-order valence-electron chi connectivity index (χ0n) is 42.0. The maximum atomic E-state index is 14.2. The molecule has 10 atom stereocenters. The number of carbonyl (C=O) groups is 5. The molecule has 6 aliphatic rings. The number of β-lactam (4-membered cyclic amide) rings is 2. The molecule has 3 N–H and O–H groups in total. The molecule has 0 saturated carbocycles. The van der Waals surface area contributed by atoms with Gasteiger partial charge in [-0.25, -0.2) is 0 Å². The smallest absolute Gasteiger partial charge is 0.465 e. The van der Waals surface area contributed by atoms with Gasteiger partial charge < -0.3 is 53.0 Å². The van der Waals surface area contributed by atoms with Crippen molar-refractivity contribution in [1.29, 1.82) is 0 Å². The van der Waals surface area contributed by atoms with Gasteiger partial charge in [0.25, 0.3) is 0 Å². The van der Waals surface area contributed by atoms with Gasteiger partial charge in [-0.1, -0.05) is 56.8 Å². The predicted octanol–water partition coefficient (Wildman–Crippen LogP) is 7.57. The van der Waals surface area contributed by atoms with E-state index in [1.807, 2.05) is 30.9 Å². The molecule has 388 valence electrons. The van der Waals surface area contributed by atoms with Gasteiger partial charge in [0.2, 0.25) is 17.7 Å². The number of phosphoric ester groups is 1. The SMILES string of the molecule is C=C1CC(SC2=C(CCOC(C)=O)N3C(=O)[C@H]([C@@H](C)O)[C@H]3[C@H]2C)CN1.CC(=O)OCCC1=C(OP(=O)(Oc2ccccc2)Oc2ccccc2)[C@H](C)[C@@H]2[C@@H]([C@@H](C)O[Si](C)(C)C)C(=O)N12.O=C1C[C@@H](S)CN1. The molecular weight excluding hydrogens is 988 g/mol. The maximum absolute atomic E-state index is 14.2. The lowest BCUT2D eigenvalue weighted by molar-refractivity contribution is -0.160. The second kappa shape index (κ2) is 23.9. The zero-order chi connectivity index (χ0) is 51.9. The number of esters is 2. The van der Waals surface area contributed by atoms with Crippen LogP contribution >= 0.6 is 32.2 Å². The van der Waals surface area contributed by atoms with Crippen molar-refractivity contribution in [2.24, 2.45) is 23.7 Å². The summed E-state index contributed by atoms with van der Waals surface area (Å²) in [6, 6.07) is 17.0. The van der Waals surface area contributed by atoms with Crippen LogP contribution < -0.4 is 19.7 Å². The van der Waals surface area contributed by atoms with E-state index in [0.29, 0.717) is 41.0 Å². The minimum atomic E-state index is -4.29. The van der Waals surface area contributed by atoms with Crippen LogP contribution in [0, 0.1) is 23.7 Å². The Labute approximate surface area is 427 Å². The Balaban J connectivity index is 0.000000218. The van der Waals surface area contributed by atoms with Crippen molar-refractivity contribution in [3.8, 4) is 11.5 Å². The lowest BCUT2D eigenvalue weighted by atomic mass is 9.79. The number of thioether (sulfide) groups is 1. The Morgan fingerprint density at radius 3 is 1.77 bits per heavy atom. The molecular formula is C50H69N4O13PS2Si. The van der Waals surface area contributed by atoms with Crippen LogP contribution in [0.3, 0.4) is 0 Å².